The van der Waals surface area contributed by atoms with E-state index in [-0.39, 0.29) is 5.92 Å². The summed E-state index contributed by atoms with van der Waals surface area (Å²) in [4.78, 5) is 19.3. The van der Waals surface area contributed by atoms with Crippen molar-refractivity contribution in [3.63, 3.8) is 0 Å². The van der Waals surface area contributed by atoms with E-state index in [0.29, 0.717) is 6.04 Å². The Morgan fingerprint density at radius 2 is 2.00 bits per heavy atom. The molecule has 1 aliphatic rings. The minimum Gasteiger partial charge on any atom is -0.481 e. The predicted octanol–water partition coefficient (Wildman–Crippen LogP) is 2.69. The van der Waals surface area contributed by atoms with Crippen molar-refractivity contribution in [1.82, 2.24) is 9.97 Å². The van der Waals surface area contributed by atoms with Crippen LogP contribution in [0.5, 0.6) is 0 Å². The van der Waals surface area contributed by atoms with Gasteiger partial charge in [0.2, 0.25) is 0 Å². The van der Waals surface area contributed by atoms with Gasteiger partial charge in [-0.1, -0.05) is 0 Å². The van der Waals surface area contributed by atoms with E-state index < -0.39 is 5.97 Å². The topological polar surface area (TPSA) is 75.1 Å². The SMILES string of the molecule is O=C(O)C1CCC(Nc2ccnc3cnccc23)CC1. The van der Waals surface area contributed by atoms with Crippen molar-refractivity contribution in [2.24, 2.45) is 5.92 Å². The zero-order valence-corrected chi connectivity index (χ0v) is 11.1. The Labute approximate surface area is 117 Å². The van der Waals surface area contributed by atoms with Gasteiger partial charge < -0.3 is 10.4 Å². The first-order valence-corrected chi connectivity index (χ1v) is 6.92. The van der Waals surface area contributed by atoms with Gasteiger partial charge in [0.05, 0.1) is 17.6 Å². The molecule has 0 spiro atoms. The van der Waals surface area contributed by atoms with Gasteiger partial charge in [-0.25, -0.2) is 0 Å². The van der Waals surface area contributed by atoms with Gasteiger partial charge in [0.15, 0.2) is 0 Å². The van der Waals surface area contributed by atoms with E-state index in [4.69, 9.17) is 5.11 Å². The normalized spacial score (nSPS) is 22.6. The molecule has 0 atom stereocenters. The number of nitrogens with one attached hydrogen (secondary N) is 1. The third-order valence-electron chi connectivity index (χ3n) is 3.98. The number of aromatic nitrogens is 2. The Kier molecular flexibility index (Phi) is 3.50. The summed E-state index contributed by atoms with van der Waals surface area (Å²) in [7, 11) is 0. The minimum absolute atomic E-state index is 0.175. The summed E-state index contributed by atoms with van der Waals surface area (Å²) in [5, 5.41) is 13.6. The molecule has 20 heavy (non-hydrogen) atoms. The van der Waals surface area contributed by atoms with Crippen molar-refractivity contribution < 1.29 is 9.90 Å². The van der Waals surface area contributed by atoms with Crippen molar-refractivity contribution >= 4 is 22.6 Å². The quantitative estimate of drug-likeness (QED) is 0.897. The van der Waals surface area contributed by atoms with Crippen molar-refractivity contribution in [2.45, 2.75) is 31.7 Å². The molecule has 2 aromatic heterocycles. The molecule has 1 aliphatic carbocycles. The molecule has 2 N–H and O–H groups in total. The molecule has 0 bridgehead atoms. The summed E-state index contributed by atoms with van der Waals surface area (Å²) in [5.41, 5.74) is 1.92. The average molecular weight is 271 g/mol. The molecule has 1 fully saturated rings. The van der Waals surface area contributed by atoms with Crippen molar-refractivity contribution in [3.05, 3.63) is 30.7 Å². The Balaban J connectivity index is 1.73. The van der Waals surface area contributed by atoms with Gasteiger partial charge in [0.25, 0.3) is 0 Å². The summed E-state index contributed by atoms with van der Waals surface area (Å²) in [5.74, 6) is -0.838. The van der Waals surface area contributed by atoms with E-state index in [0.717, 1.165) is 42.3 Å². The van der Waals surface area contributed by atoms with Crippen LogP contribution in [0.4, 0.5) is 5.69 Å². The second-order valence-corrected chi connectivity index (χ2v) is 5.28. The molecule has 5 heteroatoms. The van der Waals surface area contributed by atoms with Gasteiger partial charge >= 0.3 is 5.97 Å². The second-order valence-electron chi connectivity index (χ2n) is 5.28. The van der Waals surface area contributed by atoms with Crippen LogP contribution >= 0.6 is 0 Å². The highest BCUT2D eigenvalue weighted by atomic mass is 16.4. The lowest BCUT2D eigenvalue weighted by atomic mass is 9.86. The van der Waals surface area contributed by atoms with E-state index in [9.17, 15) is 4.79 Å². The van der Waals surface area contributed by atoms with Crippen LogP contribution in [0.3, 0.4) is 0 Å². The number of hydrogen-bond acceptors (Lipinski definition) is 4. The van der Waals surface area contributed by atoms with Crippen LogP contribution in [0.1, 0.15) is 25.7 Å². The molecule has 2 aromatic rings. The number of anilines is 1. The van der Waals surface area contributed by atoms with Gasteiger partial charge in [-0.05, 0) is 37.8 Å². The molecule has 0 unspecified atom stereocenters. The smallest absolute Gasteiger partial charge is 0.306 e. The maximum absolute atomic E-state index is 11.0. The molecule has 3 rings (SSSR count). The number of carbonyl (C=O) groups is 1. The molecule has 1 saturated carbocycles. The largest absolute Gasteiger partial charge is 0.481 e. The van der Waals surface area contributed by atoms with Gasteiger partial charge in [-0.2, -0.15) is 0 Å². The van der Waals surface area contributed by atoms with Crippen LogP contribution in [0, 0.1) is 5.92 Å². The molecule has 2 heterocycles. The highest BCUT2D eigenvalue weighted by Crippen LogP contribution is 2.28. The van der Waals surface area contributed by atoms with E-state index in [1.807, 2.05) is 12.1 Å². The summed E-state index contributed by atoms with van der Waals surface area (Å²) >= 11 is 0. The lowest BCUT2D eigenvalue weighted by molar-refractivity contribution is -0.142. The van der Waals surface area contributed by atoms with Crippen LogP contribution in [-0.4, -0.2) is 27.1 Å². The molecular formula is C15H17N3O2. The number of nitrogens with zero attached hydrogens (tertiary/aromatic N) is 2. The number of fused-ring (bicyclic) bond motifs is 1. The number of rotatable bonds is 3. The lowest BCUT2D eigenvalue weighted by Gasteiger charge is -2.28. The summed E-state index contributed by atoms with van der Waals surface area (Å²) in [6.45, 7) is 0. The number of carboxylic acid groups (broad SMARTS) is 1. The molecule has 104 valence electrons. The maximum Gasteiger partial charge on any atom is 0.306 e. The van der Waals surface area contributed by atoms with Crippen molar-refractivity contribution in [3.8, 4) is 0 Å². The molecule has 5 nitrogen and oxygen atoms in total. The molecule has 0 aromatic carbocycles. The van der Waals surface area contributed by atoms with E-state index in [2.05, 4.69) is 15.3 Å². The molecule has 0 saturated heterocycles. The van der Waals surface area contributed by atoms with Crippen molar-refractivity contribution in [2.75, 3.05) is 5.32 Å². The summed E-state index contributed by atoms with van der Waals surface area (Å²) in [6.07, 6.45) is 8.57. The number of carboxylic acids is 1. The fraction of sp³-hybridized carbons (Fsp3) is 0.400. The summed E-state index contributed by atoms with van der Waals surface area (Å²) in [6, 6.07) is 4.25. The van der Waals surface area contributed by atoms with Crippen LogP contribution in [0.25, 0.3) is 10.9 Å². The highest BCUT2D eigenvalue weighted by Gasteiger charge is 2.25. The zero-order valence-electron chi connectivity index (χ0n) is 11.1. The van der Waals surface area contributed by atoms with E-state index in [1.165, 1.54) is 0 Å². The van der Waals surface area contributed by atoms with Crippen molar-refractivity contribution in [1.29, 1.82) is 0 Å². The molecular weight excluding hydrogens is 254 g/mol. The number of hydrogen-bond donors (Lipinski definition) is 2. The molecule has 0 amide bonds. The zero-order chi connectivity index (χ0) is 13.9. The van der Waals surface area contributed by atoms with E-state index >= 15 is 0 Å². The first-order chi connectivity index (χ1) is 9.74. The Bertz CT molecular complexity index is 616. The average Bonchev–Trinajstić information content (AvgIpc) is 2.48. The molecule has 0 radical (unpaired) electrons. The van der Waals surface area contributed by atoms with Crippen LogP contribution in [0.2, 0.25) is 0 Å². The maximum atomic E-state index is 11.0. The Morgan fingerprint density at radius 3 is 2.75 bits per heavy atom. The van der Waals surface area contributed by atoms with Crippen LogP contribution < -0.4 is 5.32 Å². The number of pyridine rings is 2. The van der Waals surface area contributed by atoms with E-state index in [1.54, 1.807) is 18.6 Å². The Hall–Kier alpha value is -2.17. The fourth-order valence-corrected chi connectivity index (χ4v) is 2.83. The predicted molar refractivity (Wildman–Crippen MR) is 76.5 cm³/mol. The third-order valence-corrected chi connectivity index (χ3v) is 3.98. The second kappa shape index (κ2) is 5.45. The first kappa shape index (κ1) is 12.8. The van der Waals surface area contributed by atoms with Gasteiger partial charge in [0.1, 0.15) is 0 Å². The van der Waals surface area contributed by atoms with Gasteiger partial charge in [-0.3, -0.25) is 14.8 Å². The number of aliphatic carboxylic acids is 1. The monoisotopic (exact) mass is 271 g/mol. The van der Waals surface area contributed by atoms with Crippen LogP contribution in [-0.2, 0) is 4.79 Å². The van der Waals surface area contributed by atoms with Gasteiger partial charge in [0, 0.05) is 29.5 Å². The van der Waals surface area contributed by atoms with Gasteiger partial charge in [-0.15, -0.1) is 0 Å². The summed E-state index contributed by atoms with van der Waals surface area (Å²) < 4.78 is 0. The minimum atomic E-state index is -0.663. The third kappa shape index (κ3) is 2.57. The fourth-order valence-electron chi connectivity index (χ4n) is 2.83. The highest BCUT2D eigenvalue weighted by molar-refractivity contribution is 5.90. The van der Waals surface area contributed by atoms with Crippen LogP contribution in [0.15, 0.2) is 30.7 Å². The standard InChI is InChI=1S/C15H17N3O2/c19-15(20)10-1-3-11(4-2-10)18-13-6-8-17-14-9-16-7-5-12(13)14/h5-11H,1-4H2,(H,17,18)(H,19,20). The lowest BCUT2D eigenvalue weighted by Crippen LogP contribution is -2.29. The Morgan fingerprint density at radius 1 is 1.20 bits per heavy atom. The molecule has 0 aliphatic heterocycles. The first-order valence-electron chi connectivity index (χ1n) is 6.92.